The van der Waals surface area contributed by atoms with Gasteiger partial charge in [-0.3, -0.25) is 9.59 Å². The minimum absolute atomic E-state index is 0.0360. The third-order valence-electron chi connectivity index (χ3n) is 4.19. The standard InChI is InChI=1S/C15H31N3O8/c1-16-11(4-13(26)18-15(8-22,9-23)10-24)2-3-12(25)17-14(5-19,6-20)7-21/h11,16,19-24H,2-10H2,1H3,(H,17,25)(H,18,26). The molecule has 2 amide bonds. The maximum Gasteiger partial charge on any atom is 0.222 e. The van der Waals surface area contributed by atoms with Gasteiger partial charge in [0.05, 0.1) is 39.6 Å². The van der Waals surface area contributed by atoms with Crippen LogP contribution in [-0.2, 0) is 9.59 Å². The molecule has 0 saturated carbocycles. The van der Waals surface area contributed by atoms with E-state index < -0.39 is 68.6 Å². The van der Waals surface area contributed by atoms with Crippen LogP contribution in [0.15, 0.2) is 0 Å². The smallest absolute Gasteiger partial charge is 0.222 e. The number of carbonyl (C=O) groups excluding carboxylic acids is 2. The monoisotopic (exact) mass is 381 g/mol. The predicted octanol–water partition coefficient (Wildman–Crippen LogP) is -4.59. The molecule has 0 aromatic carbocycles. The Balaban J connectivity index is 4.59. The van der Waals surface area contributed by atoms with Gasteiger partial charge < -0.3 is 46.6 Å². The van der Waals surface area contributed by atoms with Gasteiger partial charge in [0.2, 0.25) is 11.8 Å². The lowest BCUT2D eigenvalue weighted by Crippen LogP contribution is -2.58. The minimum Gasteiger partial charge on any atom is -0.394 e. The summed E-state index contributed by atoms with van der Waals surface area (Å²) in [6.07, 6.45) is 0.126. The molecule has 9 N–H and O–H groups in total. The topological polar surface area (TPSA) is 192 Å². The quantitative estimate of drug-likeness (QED) is 0.142. The van der Waals surface area contributed by atoms with Crippen molar-refractivity contribution in [1.29, 1.82) is 0 Å². The van der Waals surface area contributed by atoms with Crippen LogP contribution in [0.5, 0.6) is 0 Å². The zero-order valence-corrected chi connectivity index (χ0v) is 14.9. The molecule has 0 aromatic rings. The number of hydrogen-bond acceptors (Lipinski definition) is 9. The lowest BCUT2D eigenvalue weighted by atomic mass is 10.0. The molecule has 11 nitrogen and oxygen atoms in total. The summed E-state index contributed by atoms with van der Waals surface area (Å²) >= 11 is 0. The Morgan fingerprint density at radius 1 is 0.769 bits per heavy atom. The second kappa shape index (κ2) is 12.1. The van der Waals surface area contributed by atoms with Crippen LogP contribution in [0.25, 0.3) is 0 Å². The fraction of sp³-hybridized carbons (Fsp3) is 0.867. The largest absolute Gasteiger partial charge is 0.394 e. The molecule has 0 aliphatic heterocycles. The van der Waals surface area contributed by atoms with Crippen LogP contribution >= 0.6 is 0 Å². The maximum absolute atomic E-state index is 12.0. The highest BCUT2D eigenvalue weighted by Crippen LogP contribution is 2.08. The number of amides is 2. The molecule has 0 aliphatic rings. The molecule has 1 atom stereocenters. The number of aliphatic hydroxyl groups is 6. The first kappa shape index (κ1) is 24.7. The number of aliphatic hydroxyl groups excluding tert-OH is 6. The fourth-order valence-electron chi connectivity index (χ4n) is 2.12. The van der Waals surface area contributed by atoms with Gasteiger partial charge in [0, 0.05) is 18.9 Å². The Labute approximate surface area is 152 Å². The molecule has 0 radical (unpaired) electrons. The van der Waals surface area contributed by atoms with E-state index in [1.807, 2.05) is 0 Å². The van der Waals surface area contributed by atoms with Gasteiger partial charge in [-0.25, -0.2) is 0 Å². The summed E-state index contributed by atoms with van der Waals surface area (Å²) in [6, 6.07) is -0.415. The van der Waals surface area contributed by atoms with Crippen molar-refractivity contribution in [2.45, 2.75) is 36.4 Å². The lowest BCUT2D eigenvalue weighted by Gasteiger charge is -2.30. The summed E-state index contributed by atoms with van der Waals surface area (Å²) in [6.45, 7) is -3.79. The minimum atomic E-state index is -1.52. The number of carbonyl (C=O) groups is 2. The first-order chi connectivity index (χ1) is 12.3. The van der Waals surface area contributed by atoms with Gasteiger partial charge in [0.15, 0.2) is 0 Å². The van der Waals surface area contributed by atoms with E-state index in [0.29, 0.717) is 0 Å². The Hall–Kier alpha value is -1.34. The molecule has 154 valence electrons. The van der Waals surface area contributed by atoms with E-state index >= 15 is 0 Å². The summed E-state index contributed by atoms with van der Waals surface area (Å²) in [5, 5.41) is 62.8. The molecule has 0 rings (SSSR count). The van der Waals surface area contributed by atoms with E-state index in [1.54, 1.807) is 7.05 Å². The van der Waals surface area contributed by atoms with E-state index in [9.17, 15) is 40.2 Å². The van der Waals surface area contributed by atoms with Crippen molar-refractivity contribution in [2.75, 3.05) is 46.7 Å². The summed E-state index contributed by atoms with van der Waals surface area (Å²) in [5.74, 6) is -1.05. The summed E-state index contributed by atoms with van der Waals surface area (Å²) in [5.41, 5.74) is -3.03. The highest BCUT2D eigenvalue weighted by atomic mass is 16.3. The average molecular weight is 381 g/mol. The van der Waals surface area contributed by atoms with Crippen molar-refractivity contribution < 1.29 is 40.2 Å². The van der Waals surface area contributed by atoms with E-state index in [-0.39, 0.29) is 19.3 Å². The van der Waals surface area contributed by atoms with Crippen LogP contribution in [0, 0.1) is 0 Å². The Morgan fingerprint density at radius 2 is 1.15 bits per heavy atom. The highest BCUT2D eigenvalue weighted by molar-refractivity contribution is 5.78. The van der Waals surface area contributed by atoms with Crippen LogP contribution in [0.2, 0.25) is 0 Å². The lowest BCUT2D eigenvalue weighted by molar-refractivity contribution is -0.127. The molecule has 0 bridgehead atoms. The van der Waals surface area contributed by atoms with Crippen LogP contribution in [-0.4, -0.2) is 106 Å². The Morgan fingerprint density at radius 3 is 1.50 bits per heavy atom. The van der Waals surface area contributed by atoms with Crippen LogP contribution in [0.1, 0.15) is 19.3 Å². The van der Waals surface area contributed by atoms with E-state index in [2.05, 4.69) is 16.0 Å². The van der Waals surface area contributed by atoms with Crippen LogP contribution < -0.4 is 16.0 Å². The van der Waals surface area contributed by atoms with Crippen molar-refractivity contribution in [3.8, 4) is 0 Å². The normalized spacial score (nSPS) is 13.3. The molecule has 0 saturated heterocycles. The van der Waals surface area contributed by atoms with Crippen molar-refractivity contribution in [1.82, 2.24) is 16.0 Å². The van der Waals surface area contributed by atoms with Crippen LogP contribution in [0.3, 0.4) is 0 Å². The van der Waals surface area contributed by atoms with E-state index in [0.717, 1.165) is 0 Å². The molecule has 0 aromatic heterocycles. The molecule has 0 fully saturated rings. The molecule has 0 aliphatic carbocycles. The maximum atomic E-state index is 12.0. The van der Waals surface area contributed by atoms with Gasteiger partial charge >= 0.3 is 0 Å². The van der Waals surface area contributed by atoms with Gasteiger partial charge in [0.1, 0.15) is 11.1 Å². The van der Waals surface area contributed by atoms with E-state index in [1.165, 1.54) is 0 Å². The zero-order valence-electron chi connectivity index (χ0n) is 14.9. The molecule has 0 heterocycles. The second-order valence-corrected chi connectivity index (χ2v) is 6.33. The third-order valence-corrected chi connectivity index (χ3v) is 4.19. The molecule has 26 heavy (non-hydrogen) atoms. The SMILES string of the molecule is CNC(CCC(=O)NC(CO)(CO)CO)CC(=O)NC(CO)(CO)CO. The molecule has 1 unspecified atom stereocenters. The second-order valence-electron chi connectivity index (χ2n) is 6.33. The number of hydrogen-bond donors (Lipinski definition) is 9. The van der Waals surface area contributed by atoms with Gasteiger partial charge in [-0.05, 0) is 13.5 Å². The first-order valence-corrected chi connectivity index (χ1v) is 8.24. The first-order valence-electron chi connectivity index (χ1n) is 8.24. The van der Waals surface area contributed by atoms with Gasteiger partial charge in [0.25, 0.3) is 0 Å². The molecule has 11 heteroatoms. The van der Waals surface area contributed by atoms with Crippen molar-refractivity contribution in [3.63, 3.8) is 0 Å². The highest BCUT2D eigenvalue weighted by Gasteiger charge is 2.31. The Bertz CT molecular complexity index is 411. The number of rotatable bonds is 14. The molecular formula is C15H31N3O8. The predicted molar refractivity (Wildman–Crippen MR) is 91.0 cm³/mol. The molecular weight excluding hydrogens is 350 g/mol. The number of nitrogens with one attached hydrogen (secondary N) is 3. The van der Waals surface area contributed by atoms with Gasteiger partial charge in [-0.1, -0.05) is 0 Å². The average Bonchev–Trinajstić information content (AvgIpc) is 2.67. The van der Waals surface area contributed by atoms with Crippen molar-refractivity contribution in [2.24, 2.45) is 0 Å². The van der Waals surface area contributed by atoms with Crippen molar-refractivity contribution >= 4 is 11.8 Å². The third kappa shape index (κ3) is 7.50. The van der Waals surface area contributed by atoms with Crippen LogP contribution in [0.4, 0.5) is 0 Å². The summed E-state index contributed by atoms with van der Waals surface area (Å²) in [7, 11) is 1.59. The van der Waals surface area contributed by atoms with Gasteiger partial charge in [-0.15, -0.1) is 0 Å². The summed E-state index contributed by atoms with van der Waals surface area (Å²) < 4.78 is 0. The Kier molecular flexibility index (Phi) is 11.5. The summed E-state index contributed by atoms with van der Waals surface area (Å²) in [4.78, 5) is 24.0. The van der Waals surface area contributed by atoms with Gasteiger partial charge in [-0.2, -0.15) is 0 Å². The van der Waals surface area contributed by atoms with E-state index in [4.69, 9.17) is 0 Å². The fourth-order valence-corrected chi connectivity index (χ4v) is 2.12. The zero-order chi connectivity index (χ0) is 20.2. The molecule has 0 spiro atoms. The van der Waals surface area contributed by atoms with Crippen molar-refractivity contribution in [3.05, 3.63) is 0 Å².